The van der Waals surface area contributed by atoms with Crippen molar-refractivity contribution in [1.82, 2.24) is 15.0 Å². The van der Waals surface area contributed by atoms with E-state index < -0.39 is 17.2 Å². The summed E-state index contributed by atoms with van der Waals surface area (Å²) in [6.07, 6.45) is 0. The maximum absolute atomic E-state index is 11.7. The molecule has 1 aromatic rings. The maximum atomic E-state index is 11.7. The van der Waals surface area contributed by atoms with Gasteiger partial charge in [-0.15, -0.1) is 11.6 Å². The maximum Gasteiger partial charge on any atom is 0.363 e. The van der Waals surface area contributed by atoms with E-state index in [4.69, 9.17) is 11.6 Å². The second-order valence-electron chi connectivity index (χ2n) is 3.27. The fourth-order valence-corrected chi connectivity index (χ4v) is 1.39. The van der Waals surface area contributed by atoms with Crippen LogP contribution >= 0.6 is 11.6 Å². The van der Waals surface area contributed by atoms with E-state index in [-0.39, 0.29) is 28.5 Å². The van der Waals surface area contributed by atoms with Crippen molar-refractivity contribution in [3.05, 3.63) is 26.4 Å². The molecule has 0 aliphatic rings. The largest absolute Gasteiger partial charge is 0.421 e. The van der Waals surface area contributed by atoms with E-state index in [0.717, 1.165) is 0 Å². The number of aromatic nitrogens is 2. The van der Waals surface area contributed by atoms with Crippen molar-refractivity contribution in [1.29, 1.82) is 0 Å². The first-order valence-electron chi connectivity index (χ1n) is 5.19. The summed E-state index contributed by atoms with van der Waals surface area (Å²) in [4.78, 5) is 36.8. The van der Waals surface area contributed by atoms with Gasteiger partial charge < -0.3 is 15.8 Å². The number of rotatable bonds is 5. The SMILES string of the molecule is CCNc1[nH]c(=O)n(O)c(=O)c1C(=O)NCCCl. The Morgan fingerprint density at radius 3 is 2.72 bits per heavy atom. The highest BCUT2D eigenvalue weighted by atomic mass is 35.5. The number of aromatic amines is 1. The van der Waals surface area contributed by atoms with Crippen molar-refractivity contribution in [2.75, 3.05) is 24.3 Å². The van der Waals surface area contributed by atoms with Gasteiger partial charge in [-0.1, -0.05) is 4.73 Å². The van der Waals surface area contributed by atoms with Crippen LogP contribution in [0.2, 0.25) is 0 Å². The van der Waals surface area contributed by atoms with E-state index in [1.54, 1.807) is 6.92 Å². The number of amides is 1. The van der Waals surface area contributed by atoms with Crippen molar-refractivity contribution in [2.24, 2.45) is 0 Å². The van der Waals surface area contributed by atoms with Crippen LogP contribution < -0.4 is 21.9 Å². The molecule has 0 bridgehead atoms. The smallest absolute Gasteiger partial charge is 0.363 e. The number of halogens is 1. The van der Waals surface area contributed by atoms with Crippen molar-refractivity contribution in [3.63, 3.8) is 0 Å². The minimum Gasteiger partial charge on any atom is -0.421 e. The number of nitrogens with zero attached hydrogens (tertiary/aromatic N) is 1. The predicted octanol–water partition coefficient (Wildman–Crippen LogP) is -0.826. The zero-order valence-corrected chi connectivity index (χ0v) is 10.4. The molecule has 9 heteroatoms. The molecule has 1 aromatic heterocycles. The van der Waals surface area contributed by atoms with Crippen molar-refractivity contribution in [3.8, 4) is 0 Å². The number of alkyl halides is 1. The Bertz CT molecular complexity index is 550. The molecule has 0 saturated heterocycles. The van der Waals surface area contributed by atoms with Gasteiger partial charge in [0.2, 0.25) is 0 Å². The lowest BCUT2D eigenvalue weighted by molar-refractivity contribution is 0.0945. The Labute approximate surface area is 107 Å². The van der Waals surface area contributed by atoms with Crippen LogP contribution in [0, 0.1) is 0 Å². The molecule has 0 fully saturated rings. The minimum absolute atomic E-state index is 0.0372. The highest BCUT2D eigenvalue weighted by molar-refractivity contribution is 6.18. The van der Waals surface area contributed by atoms with Crippen LogP contribution in [0.3, 0.4) is 0 Å². The number of nitrogens with one attached hydrogen (secondary N) is 3. The zero-order valence-electron chi connectivity index (χ0n) is 9.62. The molecule has 18 heavy (non-hydrogen) atoms. The number of carbonyl (C=O) groups is 1. The summed E-state index contributed by atoms with van der Waals surface area (Å²) < 4.78 is -0.156. The number of anilines is 1. The summed E-state index contributed by atoms with van der Waals surface area (Å²) in [5, 5.41) is 14.2. The fraction of sp³-hybridized carbons (Fsp3) is 0.444. The number of hydrogen-bond acceptors (Lipinski definition) is 5. The van der Waals surface area contributed by atoms with Gasteiger partial charge in [-0.25, -0.2) is 4.79 Å². The molecule has 0 saturated carbocycles. The third kappa shape index (κ3) is 2.83. The van der Waals surface area contributed by atoms with Gasteiger partial charge in [-0.2, -0.15) is 0 Å². The predicted molar refractivity (Wildman–Crippen MR) is 65.7 cm³/mol. The highest BCUT2D eigenvalue weighted by Crippen LogP contribution is 2.04. The topological polar surface area (TPSA) is 116 Å². The van der Waals surface area contributed by atoms with Crippen molar-refractivity contribution < 1.29 is 10.0 Å². The lowest BCUT2D eigenvalue weighted by atomic mass is 10.2. The van der Waals surface area contributed by atoms with E-state index >= 15 is 0 Å². The summed E-state index contributed by atoms with van der Waals surface area (Å²) in [5.41, 5.74) is -2.49. The second-order valence-corrected chi connectivity index (χ2v) is 3.65. The Balaban J connectivity index is 3.30. The molecule has 100 valence electrons. The Kier molecular flexibility index (Phi) is 4.78. The van der Waals surface area contributed by atoms with Crippen LogP contribution in [0.15, 0.2) is 9.59 Å². The first-order chi connectivity index (χ1) is 8.52. The summed E-state index contributed by atoms with van der Waals surface area (Å²) in [5.74, 6) is -0.584. The molecule has 0 aliphatic carbocycles. The lowest BCUT2D eigenvalue weighted by Crippen LogP contribution is -2.41. The van der Waals surface area contributed by atoms with Gasteiger partial charge in [-0.3, -0.25) is 14.6 Å². The molecular formula is C9H13ClN4O4. The lowest BCUT2D eigenvalue weighted by Gasteiger charge is -2.10. The Morgan fingerprint density at radius 2 is 2.17 bits per heavy atom. The molecule has 0 aromatic carbocycles. The molecule has 1 heterocycles. The third-order valence-corrected chi connectivity index (χ3v) is 2.23. The van der Waals surface area contributed by atoms with Crippen molar-refractivity contribution >= 4 is 23.3 Å². The van der Waals surface area contributed by atoms with E-state index in [2.05, 4.69) is 15.6 Å². The highest BCUT2D eigenvalue weighted by Gasteiger charge is 2.19. The van der Waals surface area contributed by atoms with Crippen LogP contribution in [0.4, 0.5) is 5.82 Å². The third-order valence-electron chi connectivity index (χ3n) is 2.04. The number of carbonyl (C=O) groups excluding carboxylic acids is 1. The normalized spacial score (nSPS) is 10.1. The molecule has 0 radical (unpaired) electrons. The fourth-order valence-electron chi connectivity index (χ4n) is 1.30. The van der Waals surface area contributed by atoms with Crippen LogP contribution in [-0.4, -0.2) is 39.8 Å². The van der Waals surface area contributed by atoms with E-state index in [1.165, 1.54) is 0 Å². The van der Waals surface area contributed by atoms with Crippen LogP contribution in [0.5, 0.6) is 0 Å². The van der Waals surface area contributed by atoms with E-state index in [1.807, 2.05) is 0 Å². The first kappa shape index (κ1) is 14.1. The van der Waals surface area contributed by atoms with Gasteiger partial charge in [0.05, 0.1) is 0 Å². The molecular weight excluding hydrogens is 264 g/mol. The van der Waals surface area contributed by atoms with Gasteiger partial charge in [0, 0.05) is 19.0 Å². The molecule has 1 amide bonds. The minimum atomic E-state index is -1.10. The summed E-state index contributed by atoms with van der Waals surface area (Å²) >= 11 is 5.41. The zero-order chi connectivity index (χ0) is 13.7. The van der Waals surface area contributed by atoms with Gasteiger partial charge in [0.1, 0.15) is 11.4 Å². The van der Waals surface area contributed by atoms with E-state index in [0.29, 0.717) is 6.54 Å². The molecule has 0 unspecified atom stereocenters. The van der Waals surface area contributed by atoms with Crippen molar-refractivity contribution in [2.45, 2.75) is 6.92 Å². The van der Waals surface area contributed by atoms with Gasteiger partial charge in [0.25, 0.3) is 5.91 Å². The second kappa shape index (κ2) is 6.10. The van der Waals surface area contributed by atoms with Gasteiger partial charge in [-0.05, 0) is 6.92 Å². The summed E-state index contributed by atoms with van der Waals surface area (Å²) in [6, 6.07) is 0. The average molecular weight is 277 g/mol. The van der Waals surface area contributed by atoms with Crippen LogP contribution in [0.1, 0.15) is 17.3 Å². The molecule has 8 nitrogen and oxygen atoms in total. The summed E-state index contributed by atoms with van der Waals surface area (Å²) in [6.45, 7) is 2.28. The number of H-pyrrole nitrogens is 1. The average Bonchev–Trinajstić information content (AvgIpc) is 2.34. The monoisotopic (exact) mass is 276 g/mol. The molecule has 0 aliphatic heterocycles. The number of hydrogen-bond donors (Lipinski definition) is 4. The standard InChI is InChI=1S/C9H13ClN4O4/c1-2-11-6-5(7(15)12-4-3-10)8(16)14(18)9(17)13-6/h11,18H,2-4H2,1H3,(H,12,15)(H,13,17). The summed E-state index contributed by atoms with van der Waals surface area (Å²) in [7, 11) is 0. The quantitative estimate of drug-likeness (QED) is 0.414. The Morgan fingerprint density at radius 1 is 1.50 bits per heavy atom. The van der Waals surface area contributed by atoms with Crippen LogP contribution in [-0.2, 0) is 0 Å². The van der Waals surface area contributed by atoms with Crippen LogP contribution in [0.25, 0.3) is 0 Å². The first-order valence-corrected chi connectivity index (χ1v) is 5.73. The van der Waals surface area contributed by atoms with Gasteiger partial charge >= 0.3 is 11.2 Å². The molecule has 4 N–H and O–H groups in total. The molecule has 0 spiro atoms. The molecule has 1 rings (SSSR count). The molecule has 0 atom stereocenters. The Hall–Kier alpha value is -1.96. The van der Waals surface area contributed by atoms with Gasteiger partial charge in [0.15, 0.2) is 0 Å². The van der Waals surface area contributed by atoms with E-state index in [9.17, 15) is 19.6 Å².